The van der Waals surface area contributed by atoms with Gasteiger partial charge in [-0.1, -0.05) is 17.9 Å². The molecule has 0 saturated carbocycles. The molecule has 28 heavy (non-hydrogen) atoms. The van der Waals surface area contributed by atoms with Gasteiger partial charge >= 0.3 is 6.18 Å². The summed E-state index contributed by atoms with van der Waals surface area (Å²) >= 11 is 1.46. The van der Waals surface area contributed by atoms with Gasteiger partial charge in [-0.15, -0.1) is 11.3 Å². The van der Waals surface area contributed by atoms with E-state index in [0.717, 1.165) is 17.0 Å². The van der Waals surface area contributed by atoms with Crippen molar-refractivity contribution in [3.63, 3.8) is 0 Å². The quantitative estimate of drug-likeness (QED) is 0.402. The molecule has 0 radical (unpaired) electrons. The molecule has 1 heterocycles. The number of nitrogens with one attached hydrogen (secondary N) is 2. The monoisotopic (exact) mass is 409 g/mol. The number of rotatable bonds is 5. The third-order valence-electron chi connectivity index (χ3n) is 3.73. The lowest BCUT2D eigenvalue weighted by Crippen LogP contribution is -2.39. The second-order valence-corrected chi connectivity index (χ2v) is 7.12. The summed E-state index contributed by atoms with van der Waals surface area (Å²) in [7, 11) is 0. The van der Waals surface area contributed by atoms with E-state index >= 15 is 0 Å². The van der Waals surface area contributed by atoms with Gasteiger partial charge in [-0.05, 0) is 49.6 Å². The highest BCUT2D eigenvalue weighted by Crippen LogP contribution is 2.29. The lowest BCUT2D eigenvalue weighted by Gasteiger charge is -2.20. The third-order valence-corrected chi connectivity index (χ3v) is 4.85. The predicted molar refractivity (Wildman–Crippen MR) is 106 cm³/mol. The number of halogens is 3. The minimum absolute atomic E-state index is 0.176. The minimum atomic E-state index is -4.35. The molecule has 0 amide bonds. The zero-order valence-corrected chi connectivity index (χ0v) is 16.4. The van der Waals surface area contributed by atoms with E-state index in [4.69, 9.17) is 0 Å². The fourth-order valence-electron chi connectivity index (χ4n) is 2.25. The number of hydrogen-bond donors (Lipinski definition) is 3. The van der Waals surface area contributed by atoms with Crippen LogP contribution in [0.4, 0.5) is 13.2 Å². The summed E-state index contributed by atoms with van der Waals surface area (Å²) in [6.45, 7) is 4.70. The van der Waals surface area contributed by atoms with E-state index < -0.39 is 17.3 Å². The Morgan fingerprint density at radius 2 is 1.89 bits per heavy atom. The van der Waals surface area contributed by atoms with Crippen LogP contribution in [0, 0.1) is 11.8 Å². The van der Waals surface area contributed by atoms with Gasteiger partial charge in [0.2, 0.25) is 0 Å². The zero-order chi connectivity index (χ0) is 20.6. The minimum Gasteiger partial charge on any atom is -0.383 e. The van der Waals surface area contributed by atoms with Crippen molar-refractivity contribution in [3.05, 3.63) is 57.8 Å². The number of thiophene rings is 1. The van der Waals surface area contributed by atoms with E-state index in [2.05, 4.69) is 27.5 Å². The number of aliphatic imine (C=N–C) groups is 1. The van der Waals surface area contributed by atoms with Gasteiger partial charge in [0.15, 0.2) is 5.96 Å². The van der Waals surface area contributed by atoms with Crippen molar-refractivity contribution >= 4 is 17.3 Å². The lowest BCUT2D eigenvalue weighted by molar-refractivity contribution is -0.137. The average molecular weight is 409 g/mol. The van der Waals surface area contributed by atoms with Crippen LogP contribution in [-0.2, 0) is 11.8 Å². The van der Waals surface area contributed by atoms with Gasteiger partial charge < -0.3 is 15.7 Å². The number of guanidine groups is 1. The number of alkyl halides is 3. The Labute approximate surface area is 166 Å². The Morgan fingerprint density at radius 1 is 1.18 bits per heavy atom. The van der Waals surface area contributed by atoms with Gasteiger partial charge in [0.25, 0.3) is 0 Å². The average Bonchev–Trinajstić information content (AvgIpc) is 3.18. The van der Waals surface area contributed by atoms with Crippen LogP contribution in [0.5, 0.6) is 0 Å². The fourth-order valence-corrected chi connectivity index (χ4v) is 3.03. The van der Waals surface area contributed by atoms with Crippen molar-refractivity contribution in [1.29, 1.82) is 0 Å². The molecule has 1 atom stereocenters. The van der Waals surface area contributed by atoms with Crippen LogP contribution in [0.2, 0.25) is 0 Å². The first-order valence-electron chi connectivity index (χ1n) is 8.67. The van der Waals surface area contributed by atoms with Crippen molar-refractivity contribution in [2.24, 2.45) is 4.99 Å². The highest BCUT2D eigenvalue weighted by Gasteiger charge is 2.29. The largest absolute Gasteiger partial charge is 0.416 e. The Hall–Kier alpha value is -2.50. The number of benzene rings is 1. The van der Waals surface area contributed by atoms with Crippen molar-refractivity contribution in [1.82, 2.24) is 10.6 Å². The molecule has 0 spiro atoms. The third kappa shape index (κ3) is 6.59. The van der Waals surface area contributed by atoms with Crippen LogP contribution in [-0.4, -0.2) is 30.7 Å². The summed E-state index contributed by atoms with van der Waals surface area (Å²) in [4.78, 5) is 5.21. The van der Waals surface area contributed by atoms with E-state index in [1.54, 1.807) is 6.92 Å². The summed E-state index contributed by atoms with van der Waals surface area (Å²) in [5.74, 6) is 6.16. The molecule has 0 aliphatic rings. The Bertz CT molecular complexity index is 832. The van der Waals surface area contributed by atoms with E-state index in [1.165, 1.54) is 23.5 Å². The molecule has 1 aromatic carbocycles. The molecule has 0 fully saturated rings. The number of nitrogens with zero attached hydrogens (tertiary/aromatic N) is 1. The second-order valence-electron chi connectivity index (χ2n) is 6.18. The maximum atomic E-state index is 12.6. The maximum Gasteiger partial charge on any atom is 0.416 e. The van der Waals surface area contributed by atoms with Crippen molar-refractivity contribution < 1.29 is 18.3 Å². The van der Waals surface area contributed by atoms with Gasteiger partial charge in [0.05, 0.1) is 18.7 Å². The summed E-state index contributed by atoms with van der Waals surface area (Å²) < 4.78 is 37.7. The van der Waals surface area contributed by atoms with E-state index in [9.17, 15) is 18.3 Å². The van der Waals surface area contributed by atoms with Gasteiger partial charge in [-0.2, -0.15) is 13.2 Å². The molecule has 0 aliphatic heterocycles. The number of hydrogen-bond acceptors (Lipinski definition) is 3. The molecule has 8 heteroatoms. The van der Waals surface area contributed by atoms with Crippen molar-refractivity contribution in [3.8, 4) is 11.8 Å². The first-order valence-corrected chi connectivity index (χ1v) is 9.55. The van der Waals surface area contributed by atoms with Gasteiger partial charge in [-0.3, -0.25) is 0 Å². The molecule has 2 rings (SSSR count). The smallest absolute Gasteiger partial charge is 0.383 e. The van der Waals surface area contributed by atoms with Crippen molar-refractivity contribution in [2.75, 3.05) is 19.6 Å². The molecule has 0 bridgehead atoms. The highest BCUT2D eigenvalue weighted by molar-refractivity contribution is 7.10. The van der Waals surface area contributed by atoms with Crippen LogP contribution in [0.1, 0.15) is 29.9 Å². The fraction of sp³-hybridized carbons (Fsp3) is 0.350. The molecule has 0 saturated heterocycles. The van der Waals surface area contributed by atoms with Crippen LogP contribution in [0.25, 0.3) is 0 Å². The standard InChI is InChI=1S/C20H22F3N3OS/c1-3-24-18(26-14-19(2,27)17-7-5-13-28-17)25-12-4-6-15-8-10-16(11-9-15)20(21,22)23/h5,7-11,13,27H,3,12,14H2,1-2H3,(H2,24,25,26). The highest BCUT2D eigenvalue weighted by atomic mass is 32.1. The van der Waals surface area contributed by atoms with E-state index in [0.29, 0.717) is 18.1 Å². The molecule has 3 N–H and O–H groups in total. The molecular formula is C20H22F3N3OS. The molecule has 1 aromatic heterocycles. The Kier molecular flexibility index (Phi) is 7.49. The predicted octanol–water partition coefficient (Wildman–Crippen LogP) is 3.58. The zero-order valence-electron chi connectivity index (χ0n) is 15.6. The Morgan fingerprint density at radius 3 is 2.46 bits per heavy atom. The topological polar surface area (TPSA) is 56.7 Å². The van der Waals surface area contributed by atoms with Gasteiger partial charge in [0.1, 0.15) is 5.60 Å². The maximum absolute atomic E-state index is 12.6. The molecule has 0 aliphatic carbocycles. The van der Waals surface area contributed by atoms with E-state index in [-0.39, 0.29) is 13.1 Å². The molecular weight excluding hydrogens is 387 g/mol. The summed E-state index contributed by atoms with van der Waals surface area (Å²) in [5, 5.41) is 18.5. The molecule has 4 nitrogen and oxygen atoms in total. The SMILES string of the molecule is CCNC(=NCC(C)(O)c1cccs1)NCC#Cc1ccc(C(F)(F)F)cc1. The van der Waals surface area contributed by atoms with Crippen molar-refractivity contribution in [2.45, 2.75) is 25.6 Å². The van der Waals surface area contributed by atoms with Crippen LogP contribution in [0.15, 0.2) is 46.8 Å². The van der Waals surface area contributed by atoms with Crippen LogP contribution >= 0.6 is 11.3 Å². The lowest BCUT2D eigenvalue weighted by atomic mass is 10.1. The first kappa shape index (κ1) is 21.8. The summed E-state index contributed by atoms with van der Waals surface area (Å²) in [5.41, 5.74) is -1.27. The Balaban J connectivity index is 1.94. The number of aliphatic hydroxyl groups is 1. The second kappa shape index (κ2) is 9.62. The van der Waals surface area contributed by atoms with Gasteiger partial charge in [0, 0.05) is 17.0 Å². The van der Waals surface area contributed by atoms with Crippen LogP contribution < -0.4 is 10.6 Å². The summed E-state index contributed by atoms with van der Waals surface area (Å²) in [6.07, 6.45) is -4.35. The normalized spacial score (nSPS) is 14.0. The molecule has 1 unspecified atom stereocenters. The molecule has 2 aromatic rings. The first-order chi connectivity index (χ1) is 13.2. The molecule has 150 valence electrons. The summed E-state index contributed by atoms with van der Waals surface area (Å²) in [6, 6.07) is 8.43. The van der Waals surface area contributed by atoms with E-state index in [1.807, 2.05) is 24.4 Å². The van der Waals surface area contributed by atoms with Gasteiger partial charge in [-0.25, -0.2) is 4.99 Å². The van der Waals surface area contributed by atoms with Crippen LogP contribution in [0.3, 0.4) is 0 Å².